The Labute approximate surface area is 155 Å². The maximum absolute atomic E-state index is 12.7. The van der Waals surface area contributed by atoms with Crippen LogP contribution in [0.2, 0.25) is 0 Å². The zero-order valence-electron chi connectivity index (χ0n) is 15.3. The van der Waals surface area contributed by atoms with E-state index in [1.165, 1.54) is 17.7 Å². The third kappa shape index (κ3) is 4.57. The lowest BCUT2D eigenvalue weighted by molar-refractivity contribution is -0.136. The van der Waals surface area contributed by atoms with E-state index in [1.54, 1.807) is 6.07 Å². The standard InChI is InChI=1S/C22H27NO3/c1-16(13-19-7-8-20(24)21(25)15-19)22(26)23-11-9-18(10-12-23)14-17-5-3-2-4-6-17/h2-8,15-16,18,24-25H,9-14H2,1H3. The monoisotopic (exact) mass is 353 g/mol. The van der Waals surface area contributed by atoms with Gasteiger partial charge < -0.3 is 15.1 Å². The van der Waals surface area contributed by atoms with E-state index in [-0.39, 0.29) is 23.3 Å². The Morgan fingerprint density at radius 1 is 1.04 bits per heavy atom. The Balaban J connectivity index is 1.50. The van der Waals surface area contributed by atoms with Crippen molar-refractivity contribution in [2.45, 2.75) is 32.6 Å². The molecule has 0 radical (unpaired) electrons. The van der Waals surface area contributed by atoms with Gasteiger partial charge in [-0.2, -0.15) is 0 Å². The largest absolute Gasteiger partial charge is 0.504 e. The number of amides is 1. The first-order valence-corrected chi connectivity index (χ1v) is 9.36. The van der Waals surface area contributed by atoms with Gasteiger partial charge in [0.2, 0.25) is 5.91 Å². The third-order valence-electron chi connectivity index (χ3n) is 5.30. The lowest BCUT2D eigenvalue weighted by Gasteiger charge is -2.33. The molecule has 1 unspecified atom stereocenters. The van der Waals surface area contributed by atoms with Crippen molar-refractivity contribution in [3.8, 4) is 11.5 Å². The molecule has 3 rings (SSSR count). The van der Waals surface area contributed by atoms with Gasteiger partial charge in [-0.05, 0) is 54.9 Å². The number of aromatic hydroxyl groups is 2. The minimum Gasteiger partial charge on any atom is -0.504 e. The Morgan fingerprint density at radius 3 is 2.38 bits per heavy atom. The van der Waals surface area contributed by atoms with Gasteiger partial charge in [0.25, 0.3) is 0 Å². The molecule has 0 aromatic heterocycles. The first-order chi connectivity index (χ1) is 12.5. The molecule has 2 N–H and O–H groups in total. The lowest BCUT2D eigenvalue weighted by Crippen LogP contribution is -2.42. The van der Waals surface area contributed by atoms with E-state index in [2.05, 4.69) is 24.3 Å². The quantitative estimate of drug-likeness (QED) is 0.805. The van der Waals surface area contributed by atoms with Gasteiger partial charge in [-0.1, -0.05) is 43.3 Å². The zero-order valence-corrected chi connectivity index (χ0v) is 15.3. The highest BCUT2D eigenvalue weighted by Gasteiger charge is 2.26. The van der Waals surface area contributed by atoms with Crippen molar-refractivity contribution in [3.63, 3.8) is 0 Å². The summed E-state index contributed by atoms with van der Waals surface area (Å²) >= 11 is 0. The molecule has 0 aliphatic carbocycles. The normalized spacial score (nSPS) is 16.4. The third-order valence-corrected chi connectivity index (χ3v) is 5.30. The lowest BCUT2D eigenvalue weighted by atomic mass is 9.89. The summed E-state index contributed by atoms with van der Waals surface area (Å²) < 4.78 is 0. The summed E-state index contributed by atoms with van der Waals surface area (Å²) in [6, 6.07) is 15.3. The number of benzene rings is 2. The Morgan fingerprint density at radius 2 is 1.73 bits per heavy atom. The van der Waals surface area contributed by atoms with Crippen molar-refractivity contribution in [1.29, 1.82) is 0 Å². The number of nitrogens with zero attached hydrogens (tertiary/aromatic N) is 1. The second-order valence-corrected chi connectivity index (χ2v) is 7.39. The fourth-order valence-electron chi connectivity index (χ4n) is 3.75. The molecular weight excluding hydrogens is 326 g/mol. The molecule has 1 aliphatic rings. The molecule has 4 heteroatoms. The molecule has 138 valence electrons. The molecule has 1 atom stereocenters. The topological polar surface area (TPSA) is 60.8 Å². The molecule has 2 aromatic rings. The number of carbonyl (C=O) groups excluding carboxylic acids is 1. The average molecular weight is 353 g/mol. The van der Waals surface area contributed by atoms with Crippen LogP contribution in [0.5, 0.6) is 11.5 Å². The van der Waals surface area contributed by atoms with E-state index in [4.69, 9.17) is 0 Å². The second kappa shape index (κ2) is 8.26. The minimum atomic E-state index is -0.135. The van der Waals surface area contributed by atoms with Crippen LogP contribution in [0.3, 0.4) is 0 Å². The number of phenols is 2. The Hall–Kier alpha value is -2.49. The number of hydrogen-bond acceptors (Lipinski definition) is 3. The number of hydrogen-bond donors (Lipinski definition) is 2. The maximum Gasteiger partial charge on any atom is 0.225 e. The van der Waals surface area contributed by atoms with Crippen LogP contribution < -0.4 is 0 Å². The fourth-order valence-corrected chi connectivity index (χ4v) is 3.75. The molecule has 0 bridgehead atoms. The van der Waals surface area contributed by atoms with Gasteiger partial charge in [0, 0.05) is 19.0 Å². The predicted molar refractivity (Wildman–Crippen MR) is 102 cm³/mol. The van der Waals surface area contributed by atoms with Gasteiger partial charge >= 0.3 is 0 Å². The Bertz CT molecular complexity index is 736. The van der Waals surface area contributed by atoms with Gasteiger partial charge in [0.1, 0.15) is 0 Å². The molecule has 1 heterocycles. The number of likely N-dealkylation sites (tertiary alicyclic amines) is 1. The molecule has 4 nitrogen and oxygen atoms in total. The van der Waals surface area contributed by atoms with Crippen molar-refractivity contribution in [2.24, 2.45) is 11.8 Å². The molecule has 1 fully saturated rings. The van der Waals surface area contributed by atoms with Crippen LogP contribution in [0.25, 0.3) is 0 Å². The molecule has 0 saturated carbocycles. The highest BCUT2D eigenvalue weighted by molar-refractivity contribution is 5.79. The fraction of sp³-hybridized carbons (Fsp3) is 0.409. The molecule has 1 amide bonds. The molecule has 0 spiro atoms. The van der Waals surface area contributed by atoms with Crippen LogP contribution >= 0.6 is 0 Å². The van der Waals surface area contributed by atoms with Crippen molar-refractivity contribution < 1.29 is 15.0 Å². The smallest absolute Gasteiger partial charge is 0.225 e. The summed E-state index contributed by atoms with van der Waals surface area (Å²) in [6.45, 7) is 3.57. The van der Waals surface area contributed by atoms with E-state index in [9.17, 15) is 15.0 Å². The van der Waals surface area contributed by atoms with Crippen LogP contribution in [0.4, 0.5) is 0 Å². The van der Waals surface area contributed by atoms with Crippen LogP contribution in [0, 0.1) is 11.8 Å². The summed E-state index contributed by atoms with van der Waals surface area (Å²) in [6.07, 6.45) is 3.75. The maximum atomic E-state index is 12.7. The Kier molecular flexibility index (Phi) is 5.82. The van der Waals surface area contributed by atoms with Crippen molar-refractivity contribution in [1.82, 2.24) is 4.90 Å². The van der Waals surface area contributed by atoms with Crippen molar-refractivity contribution in [3.05, 3.63) is 59.7 Å². The van der Waals surface area contributed by atoms with Crippen LogP contribution in [0.1, 0.15) is 30.9 Å². The van der Waals surface area contributed by atoms with E-state index in [1.807, 2.05) is 17.9 Å². The van der Waals surface area contributed by atoms with Crippen LogP contribution in [0.15, 0.2) is 48.5 Å². The summed E-state index contributed by atoms with van der Waals surface area (Å²) in [5.41, 5.74) is 2.23. The number of carbonyl (C=O) groups is 1. The van der Waals surface area contributed by atoms with Gasteiger partial charge in [-0.3, -0.25) is 4.79 Å². The van der Waals surface area contributed by atoms with Crippen molar-refractivity contribution in [2.75, 3.05) is 13.1 Å². The van der Waals surface area contributed by atoms with Gasteiger partial charge in [0.15, 0.2) is 11.5 Å². The SMILES string of the molecule is CC(Cc1ccc(O)c(O)c1)C(=O)N1CCC(Cc2ccccc2)CC1. The first-order valence-electron chi connectivity index (χ1n) is 9.36. The molecule has 26 heavy (non-hydrogen) atoms. The highest BCUT2D eigenvalue weighted by Crippen LogP contribution is 2.27. The van der Waals surface area contributed by atoms with Crippen molar-refractivity contribution >= 4 is 5.91 Å². The second-order valence-electron chi connectivity index (χ2n) is 7.39. The summed E-state index contributed by atoms with van der Waals surface area (Å²) in [7, 11) is 0. The summed E-state index contributed by atoms with van der Waals surface area (Å²) in [5.74, 6) is 0.420. The van der Waals surface area contributed by atoms with E-state index < -0.39 is 0 Å². The van der Waals surface area contributed by atoms with Crippen LogP contribution in [-0.4, -0.2) is 34.1 Å². The zero-order chi connectivity index (χ0) is 18.5. The summed E-state index contributed by atoms with van der Waals surface area (Å²) in [4.78, 5) is 14.7. The number of phenolic OH excluding ortho intramolecular Hbond substituents is 2. The predicted octanol–water partition coefficient (Wildman–Crippen LogP) is 3.76. The van der Waals surface area contributed by atoms with E-state index in [0.717, 1.165) is 37.9 Å². The number of rotatable bonds is 5. The van der Waals surface area contributed by atoms with E-state index >= 15 is 0 Å². The van der Waals surface area contributed by atoms with Gasteiger partial charge in [0.05, 0.1) is 0 Å². The van der Waals surface area contributed by atoms with Crippen LogP contribution in [-0.2, 0) is 17.6 Å². The van der Waals surface area contributed by atoms with Gasteiger partial charge in [-0.15, -0.1) is 0 Å². The molecular formula is C22H27NO3. The highest BCUT2D eigenvalue weighted by atomic mass is 16.3. The van der Waals surface area contributed by atoms with E-state index in [0.29, 0.717) is 12.3 Å². The number of piperidine rings is 1. The minimum absolute atomic E-state index is 0.131. The first kappa shape index (κ1) is 18.3. The molecule has 2 aromatic carbocycles. The molecule has 1 aliphatic heterocycles. The van der Waals surface area contributed by atoms with Gasteiger partial charge in [-0.25, -0.2) is 0 Å². The molecule has 1 saturated heterocycles. The summed E-state index contributed by atoms with van der Waals surface area (Å²) in [5, 5.41) is 19.0. The average Bonchev–Trinajstić information content (AvgIpc) is 2.65.